The zero-order valence-electron chi connectivity index (χ0n) is 8.72. The lowest BCUT2D eigenvalue weighted by molar-refractivity contribution is 0.208. The van der Waals surface area contributed by atoms with E-state index >= 15 is 0 Å². The molecule has 2 amide bonds. The Hall–Kier alpha value is -1.24. The van der Waals surface area contributed by atoms with Gasteiger partial charge < -0.3 is 10.2 Å². The van der Waals surface area contributed by atoms with Crippen molar-refractivity contribution in [3.63, 3.8) is 0 Å². The third-order valence-electron chi connectivity index (χ3n) is 1.81. The van der Waals surface area contributed by atoms with Crippen LogP contribution in [0.4, 0.5) is 4.79 Å². The van der Waals surface area contributed by atoms with Crippen LogP contribution in [0.2, 0.25) is 0 Å². The normalized spacial score (nSPS) is 10.4. The minimum Gasteiger partial charge on any atom is -0.336 e. The number of nitrogens with one attached hydrogen (secondary N) is 1. The predicted molar refractivity (Wildman–Crippen MR) is 51.1 cm³/mol. The number of nitrogens with zero attached hydrogens (tertiary/aromatic N) is 2. The number of nitriles is 1. The molecule has 0 atom stereocenters. The average Bonchev–Trinajstić information content (AvgIpc) is 2.13. The first-order valence-corrected chi connectivity index (χ1v) is 4.33. The summed E-state index contributed by atoms with van der Waals surface area (Å²) >= 11 is 0. The van der Waals surface area contributed by atoms with Crippen molar-refractivity contribution in [3.05, 3.63) is 0 Å². The number of hydrogen-bond acceptors (Lipinski definition) is 2. The Morgan fingerprint density at radius 3 is 2.54 bits per heavy atom. The SMILES string of the molecule is CCN(C)C(=O)NCC(C)(C)C#N. The van der Waals surface area contributed by atoms with E-state index in [0.717, 1.165) is 0 Å². The minimum absolute atomic E-state index is 0.133. The molecule has 0 radical (unpaired) electrons. The zero-order chi connectivity index (χ0) is 10.5. The number of carbonyl (C=O) groups is 1. The molecule has 0 unspecified atom stereocenters. The highest BCUT2D eigenvalue weighted by Gasteiger charge is 2.18. The number of urea groups is 1. The topological polar surface area (TPSA) is 56.1 Å². The molecule has 0 aliphatic carbocycles. The second-order valence-corrected chi connectivity index (χ2v) is 3.67. The van der Waals surface area contributed by atoms with Crippen molar-refractivity contribution in [2.24, 2.45) is 5.41 Å². The Labute approximate surface area is 79.5 Å². The van der Waals surface area contributed by atoms with Crippen molar-refractivity contribution in [2.45, 2.75) is 20.8 Å². The van der Waals surface area contributed by atoms with E-state index < -0.39 is 5.41 Å². The molecule has 0 rings (SSSR count). The first-order valence-electron chi connectivity index (χ1n) is 4.33. The molecule has 0 aliphatic rings. The van der Waals surface area contributed by atoms with E-state index in [-0.39, 0.29) is 6.03 Å². The molecule has 0 aromatic heterocycles. The first kappa shape index (κ1) is 11.8. The molecule has 0 saturated heterocycles. The molecule has 0 heterocycles. The summed E-state index contributed by atoms with van der Waals surface area (Å²) in [5.74, 6) is 0. The summed E-state index contributed by atoms with van der Waals surface area (Å²) < 4.78 is 0. The Balaban J connectivity index is 3.91. The Morgan fingerprint density at radius 2 is 2.15 bits per heavy atom. The molecule has 4 nitrogen and oxygen atoms in total. The highest BCUT2D eigenvalue weighted by Crippen LogP contribution is 2.10. The van der Waals surface area contributed by atoms with E-state index in [4.69, 9.17) is 5.26 Å². The van der Waals surface area contributed by atoms with E-state index in [1.165, 1.54) is 0 Å². The number of rotatable bonds is 3. The first-order chi connectivity index (χ1) is 5.93. The lowest BCUT2D eigenvalue weighted by Gasteiger charge is -2.20. The molecule has 0 aromatic carbocycles. The van der Waals surface area contributed by atoms with Crippen molar-refractivity contribution in [2.75, 3.05) is 20.1 Å². The van der Waals surface area contributed by atoms with Crippen molar-refractivity contribution >= 4 is 6.03 Å². The summed E-state index contributed by atoms with van der Waals surface area (Å²) in [5, 5.41) is 11.4. The molecule has 4 heteroatoms. The van der Waals surface area contributed by atoms with Crippen LogP contribution in [0.15, 0.2) is 0 Å². The van der Waals surface area contributed by atoms with Crippen LogP contribution < -0.4 is 5.32 Å². The molecule has 1 N–H and O–H groups in total. The number of carbonyl (C=O) groups excluding carboxylic acids is 1. The monoisotopic (exact) mass is 183 g/mol. The van der Waals surface area contributed by atoms with E-state index in [0.29, 0.717) is 13.1 Å². The molecule has 0 spiro atoms. The lowest BCUT2D eigenvalue weighted by atomic mass is 9.96. The van der Waals surface area contributed by atoms with Gasteiger partial charge in [-0.1, -0.05) is 0 Å². The largest absolute Gasteiger partial charge is 0.336 e. The second-order valence-electron chi connectivity index (χ2n) is 3.67. The van der Waals surface area contributed by atoms with Gasteiger partial charge in [0.05, 0.1) is 11.5 Å². The maximum atomic E-state index is 11.2. The highest BCUT2D eigenvalue weighted by atomic mass is 16.2. The molecular formula is C9H17N3O. The van der Waals surface area contributed by atoms with E-state index in [1.807, 2.05) is 6.92 Å². The predicted octanol–water partition coefficient (Wildman–Crippen LogP) is 1.20. The van der Waals surface area contributed by atoms with Crippen LogP contribution >= 0.6 is 0 Å². The molecule has 0 aliphatic heterocycles. The van der Waals surface area contributed by atoms with Gasteiger partial charge in [-0.15, -0.1) is 0 Å². The summed E-state index contributed by atoms with van der Waals surface area (Å²) in [6.45, 7) is 6.53. The number of hydrogen-bond donors (Lipinski definition) is 1. The van der Waals surface area contributed by atoms with Crippen LogP contribution in [0.25, 0.3) is 0 Å². The minimum atomic E-state index is -0.496. The molecule has 13 heavy (non-hydrogen) atoms. The van der Waals surface area contributed by atoms with Crippen LogP contribution in [-0.4, -0.2) is 31.1 Å². The Kier molecular flexibility index (Phi) is 4.26. The summed E-state index contributed by atoms with van der Waals surface area (Å²) in [4.78, 5) is 12.8. The van der Waals surface area contributed by atoms with Crippen LogP contribution in [0.1, 0.15) is 20.8 Å². The van der Waals surface area contributed by atoms with Gasteiger partial charge >= 0.3 is 6.03 Å². The quantitative estimate of drug-likeness (QED) is 0.714. The summed E-state index contributed by atoms with van der Waals surface area (Å²) in [5.41, 5.74) is -0.496. The third kappa shape index (κ3) is 4.36. The maximum Gasteiger partial charge on any atom is 0.317 e. The lowest BCUT2D eigenvalue weighted by Crippen LogP contribution is -2.41. The van der Waals surface area contributed by atoms with Gasteiger partial charge in [0.25, 0.3) is 0 Å². The summed E-state index contributed by atoms with van der Waals surface area (Å²) in [6.07, 6.45) is 0. The molecular weight excluding hydrogens is 166 g/mol. The molecule has 0 bridgehead atoms. The maximum absolute atomic E-state index is 11.2. The van der Waals surface area contributed by atoms with Crippen molar-refractivity contribution in [1.29, 1.82) is 5.26 Å². The summed E-state index contributed by atoms with van der Waals surface area (Å²) in [6, 6.07) is 1.99. The highest BCUT2D eigenvalue weighted by molar-refractivity contribution is 5.73. The fourth-order valence-electron chi connectivity index (χ4n) is 0.615. The second kappa shape index (κ2) is 4.70. The number of amides is 2. The van der Waals surface area contributed by atoms with Crippen LogP contribution in [0, 0.1) is 16.7 Å². The zero-order valence-corrected chi connectivity index (χ0v) is 8.72. The van der Waals surface area contributed by atoms with E-state index in [1.54, 1.807) is 25.8 Å². The van der Waals surface area contributed by atoms with Gasteiger partial charge in [-0.25, -0.2) is 4.79 Å². The Morgan fingerprint density at radius 1 is 1.62 bits per heavy atom. The standard InChI is InChI=1S/C9H17N3O/c1-5-12(4)8(13)11-7-9(2,3)6-10/h5,7H2,1-4H3,(H,11,13). The fraction of sp³-hybridized carbons (Fsp3) is 0.778. The van der Waals surface area contributed by atoms with Gasteiger partial charge in [0.15, 0.2) is 0 Å². The molecule has 0 saturated carbocycles. The smallest absolute Gasteiger partial charge is 0.317 e. The van der Waals surface area contributed by atoms with Gasteiger partial charge in [0.2, 0.25) is 0 Å². The van der Waals surface area contributed by atoms with Crippen molar-refractivity contribution in [1.82, 2.24) is 10.2 Å². The average molecular weight is 183 g/mol. The molecule has 74 valence electrons. The van der Waals surface area contributed by atoms with Crippen LogP contribution in [0.5, 0.6) is 0 Å². The molecule has 0 aromatic rings. The third-order valence-corrected chi connectivity index (χ3v) is 1.81. The van der Waals surface area contributed by atoms with Gasteiger partial charge in [-0.3, -0.25) is 0 Å². The summed E-state index contributed by atoms with van der Waals surface area (Å²) in [7, 11) is 1.72. The van der Waals surface area contributed by atoms with Gasteiger partial charge in [-0.05, 0) is 20.8 Å². The van der Waals surface area contributed by atoms with Crippen molar-refractivity contribution < 1.29 is 4.79 Å². The fourth-order valence-corrected chi connectivity index (χ4v) is 0.615. The van der Waals surface area contributed by atoms with Gasteiger partial charge in [0, 0.05) is 20.1 Å². The van der Waals surface area contributed by atoms with E-state index in [9.17, 15) is 4.79 Å². The van der Waals surface area contributed by atoms with Gasteiger partial charge in [0.1, 0.15) is 0 Å². The van der Waals surface area contributed by atoms with Crippen molar-refractivity contribution in [3.8, 4) is 6.07 Å². The van der Waals surface area contributed by atoms with E-state index in [2.05, 4.69) is 11.4 Å². The van der Waals surface area contributed by atoms with Gasteiger partial charge in [-0.2, -0.15) is 5.26 Å². The Bertz CT molecular complexity index is 217. The van der Waals surface area contributed by atoms with Crippen LogP contribution in [-0.2, 0) is 0 Å². The van der Waals surface area contributed by atoms with Crippen LogP contribution in [0.3, 0.4) is 0 Å². The molecule has 0 fully saturated rings.